The number of rotatable bonds is 5. The molecule has 1 unspecified atom stereocenters. The summed E-state index contributed by atoms with van der Waals surface area (Å²) in [6.07, 6.45) is 0.476. The molecule has 20 heavy (non-hydrogen) atoms. The van der Waals surface area contributed by atoms with Crippen molar-refractivity contribution in [3.63, 3.8) is 0 Å². The summed E-state index contributed by atoms with van der Waals surface area (Å²) in [5, 5.41) is 9.49. The number of aliphatic carboxylic acids is 1. The second-order valence-corrected chi connectivity index (χ2v) is 4.80. The van der Waals surface area contributed by atoms with Gasteiger partial charge in [0.25, 0.3) is 0 Å². The number of ether oxygens (including phenoxy) is 1. The third kappa shape index (κ3) is 3.18. The average molecular weight is 270 g/mol. The van der Waals surface area contributed by atoms with Gasteiger partial charge in [-0.25, -0.2) is 0 Å². The van der Waals surface area contributed by atoms with E-state index in [0.717, 1.165) is 22.4 Å². The Morgan fingerprint density at radius 3 is 2.35 bits per heavy atom. The van der Waals surface area contributed by atoms with Crippen molar-refractivity contribution in [2.75, 3.05) is 7.11 Å². The van der Waals surface area contributed by atoms with E-state index in [1.807, 2.05) is 55.5 Å². The van der Waals surface area contributed by atoms with Gasteiger partial charge in [-0.15, -0.1) is 0 Å². The van der Waals surface area contributed by atoms with Crippen LogP contribution in [0.15, 0.2) is 48.5 Å². The quantitative estimate of drug-likeness (QED) is 0.905. The molecule has 1 N–H and O–H groups in total. The first-order valence-electron chi connectivity index (χ1n) is 6.53. The summed E-state index contributed by atoms with van der Waals surface area (Å²) in [6, 6.07) is 15.2. The molecule has 0 radical (unpaired) electrons. The highest BCUT2D eigenvalue weighted by Gasteiger charge is 2.21. The first kappa shape index (κ1) is 14.1. The van der Waals surface area contributed by atoms with Crippen molar-refractivity contribution >= 4 is 5.97 Å². The lowest BCUT2D eigenvalue weighted by Crippen LogP contribution is -2.15. The summed E-state index contributed by atoms with van der Waals surface area (Å²) in [6.45, 7) is 1.94. The highest BCUT2D eigenvalue weighted by molar-refractivity contribution is 5.77. The molecule has 2 rings (SSSR count). The summed E-state index contributed by atoms with van der Waals surface area (Å²) in [7, 11) is 1.61. The van der Waals surface area contributed by atoms with Gasteiger partial charge in [0, 0.05) is 0 Å². The van der Waals surface area contributed by atoms with Crippen molar-refractivity contribution in [1.29, 1.82) is 0 Å². The van der Waals surface area contributed by atoms with Crippen molar-refractivity contribution in [1.82, 2.24) is 0 Å². The predicted octanol–water partition coefficient (Wildman–Crippen LogP) is 3.41. The highest BCUT2D eigenvalue weighted by Crippen LogP contribution is 2.25. The molecule has 3 heteroatoms. The van der Waals surface area contributed by atoms with Gasteiger partial charge in [0.15, 0.2) is 0 Å². The second-order valence-electron chi connectivity index (χ2n) is 4.80. The molecule has 104 valence electrons. The van der Waals surface area contributed by atoms with E-state index in [2.05, 4.69) is 0 Å². The first-order chi connectivity index (χ1) is 9.61. The maximum absolute atomic E-state index is 11.6. The summed E-state index contributed by atoms with van der Waals surface area (Å²) in [4.78, 5) is 11.6. The molecule has 0 bridgehead atoms. The fourth-order valence-corrected chi connectivity index (χ4v) is 2.31. The predicted molar refractivity (Wildman–Crippen MR) is 78.3 cm³/mol. The van der Waals surface area contributed by atoms with Gasteiger partial charge in [-0.05, 0) is 42.2 Å². The van der Waals surface area contributed by atoms with Gasteiger partial charge in [0.05, 0.1) is 13.0 Å². The number of benzene rings is 2. The molecule has 0 saturated heterocycles. The standard InChI is InChI=1S/C17H18O3/c1-12-5-3-4-6-15(12)16(17(18)19)11-13-7-9-14(20-2)10-8-13/h3-10,16H,11H2,1-2H3,(H,18,19). The van der Waals surface area contributed by atoms with E-state index in [1.165, 1.54) is 0 Å². The number of methoxy groups -OCH3 is 1. The zero-order chi connectivity index (χ0) is 14.5. The zero-order valence-corrected chi connectivity index (χ0v) is 11.7. The van der Waals surface area contributed by atoms with Crippen LogP contribution in [0, 0.1) is 6.92 Å². The van der Waals surface area contributed by atoms with Crippen molar-refractivity contribution in [2.45, 2.75) is 19.3 Å². The van der Waals surface area contributed by atoms with Crippen molar-refractivity contribution in [3.05, 3.63) is 65.2 Å². The number of aryl methyl sites for hydroxylation is 1. The van der Waals surface area contributed by atoms with E-state index in [-0.39, 0.29) is 0 Å². The molecule has 0 saturated carbocycles. The lowest BCUT2D eigenvalue weighted by atomic mass is 9.89. The molecular formula is C17H18O3. The van der Waals surface area contributed by atoms with Crippen molar-refractivity contribution in [2.24, 2.45) is 0 Å². The Balaban J connectivity index is 2.26. The van der Waals surface area contributed by atoms with E-state index >= 15 is 0 Å². The number of carboxylic acids is 1. The largest absolute Gasteiger partial charge is 0.497 e. The Hall–Kier alpha value is -2.29. The minimum Gasteiger partial charge on any atom is -0.497 e. The zero-order valence-electron chi connectivity index (χ0n) is 11.7. The van der Waals surface area contributed by atoms with Gasteiger partial charge in [-0.2, -0.15) is 0 Å². The Morgan fingerprint density at radius 2 is 1.80 bits per heavy atom. The lowest BCUT2D eigenvalue weighted by Gasteiger charge is -2.15. The van der Waals surface area contributed by atoms with Crippen LogP contribution in [0.4, 0.5) is 0 Å². The Morgan fingerprint density at radius 1 is 1.15 bits per heavy atom. The minimum absolute atomic E-state index is 0.476. The normalized spacial score (nSPS) is 11.9. The van der Waals surface area contributed by atoms with Crippen LogP contribution in [0.1, 0.15) is 22.6 Å². The Kier molecular flexibility index (Phi) is 4.41. The minimum atomic E-state index is -0.796. The molecule has 2 aromatic carbocycles. The van der Waals surface area contributed by atoms with Gasteiger partial charge in [-0.1, -0.05) is 36.4 Å². The fraction of sp³-hybridized carbons (Fsp3) is 0.235. The van der Waals surface area contributed by atoms with Crippen LogP contribution in [0.3, 0.4) is 0 Å². The molecule has 1 atom stereocenters. The number of hydrogen-bond acceptors (Lipinski definition) is 2. The van der Waals surface area contributed by atoms with Crippen molar-refractivity contribution < 1.29 is 14.6 Å². The SMILES string of the molecule is COc1ccc(CC(C(=O)O)c2ccccc2C)cc1. The van der Waals surface area contributed by atoms with Gasteiger partial charge in [-0.3, -0.25) is 4.79 Å². The summed E-state index contributed by atoms with van der Waals surface area (Å²) < 4.78 is 5.11. The molecule has 0 fully saturated rings. The van der Waals surface area contributed by atoms with Crippen LogP contribution >= 0.6 is 0 Å². The van der Waals surface area contributed by atoms with Gasteiger partial charge < -0.3 is 9.84 Å². The molecule has 3 nitrogen and oxygen atoms in total. The van der Waals surface area contributed by atoms with E-state index in [0.29, 0.717) is 6.42 Å². The number of carbonyl (C=O) groups is 1. The Bertz CT molecular complexity index is 587. The van der Waals surface area contributed by atoms with Crippen LogP contribution in [-0.4, -0.2) is 18.2 Å². The first-order valence-corrected chi connectivity index (χ1v) is 6.53. The monoisotopic (exact) mass is 270 g/mol. The van der Waals surface area contributed by atoms with Crippen LogP contribution in [-0.2, 0) is 11.2 Å². The van der Waals surface area contributed by atoms with Crippen LogP contribution < -0.4 is 4.74 Å². The third-order valence-corrected chi connectivity index (χ3v) is 3.46. The summed E-state index contributed by atoms with van der Waals surface area (Å²) in [5.41, 5.74) is 2.87. The van der Waals surface area contributed by atoms with E-state index in [9.17, 15) is 9.90 Å². The van der Waals surface area contributed by atoms with Crippen LogP contribution in [0.5, 0.6) is 5.75 Å². The summed E-state index contributed by atoms with van der Waals surface area (Å²) >= 11 is 0. The maximum Gasteiger partial charge on any atom is 0.311 e. The number of carboxylic acid groups (broad SMARTS) is 1. The van der Waals surface area contributed by atoms with Crippen LogP contribution in [0.25, 0.3) is 0 Å². The topological polar surface area (TPSA) is 46.5 Å². The molecule has 0 heterocycles. The molecule has 0 spiro atoms. The molecular weight excluding hydrogens is 252 g/mol. The molecule has 0 aliphatic heterocycles. The summed E-state index contributed by atoms with van der Waals surface area (Å²) in [5.74, 6) is -0.545. The van der Waals surface area contributed by atoms with Crippen molar-refractivity contribution in [3.8, 4) is 5.75 Å². The average Bonchev–Trinajstić information content (AvgIpc) is 2.46. The van der Waals surface area contributed by atoms with E-state index in [4.69, 9.17) is 4.74 Å². The van der Waals surface area contributed by atoms with Gasteiger partial charge in [0.1, 0.15) is 5.75 Å². The third-order valence-electron chi connectivity index (χ3n) is 3.46. The Labute approximate surface area is 118 Å². The molecule has 0 aliphatic rings. The fourth-order valence-electron chi connectivity index (χ4n) is 2.31. The van der Waals surface area contributed by atoms with Crippen LogP contribution in [0.2, 0.25) is 0 Å². The maximum atomic E-state index is 11.6. The smallest absolute Gasteiger partial charge is 0.311 e. The van der Waals surface area contributed by atoms with E-state index in [1.54, 1.807) is 7.11 Å². The lowest BCUT2D eigenvalue weighted by molar-refractivity contribution is -0.138. The molecule has 0 aliphatic carbocycles. The molecule has 0 aromatic heterocycles. The second kappa shape index (κ2) is 6.24. The highest BCUT2D eigenvalue weighted by atomic mass is 16.5. The van der Waals surface area contributed by atoms with Gasteiger partial charge >= 0.3 is 5.97 Å². The van der Waals surface area contributed by atoms with Gasteiger partial charge in [0.2, 0.25) is 0 Å². The van der Waals surface area contributed by atoms with E-state index < -0.39 is 11.9 Å². The molecule has 0 amide bonds. The number of hydrogen-bond donors (Lipinski definition) is 1. The molecule has 2 aromatic rings.